The van der Waals surface area contributed by atoms with Gasteiger partial charge in [0.25, 0.3) is 0 Å². The minimum Gasteiger partial charge on any atom is -0.369 e. The van der Waals surface area contributed by atoms with E-state index in [2.05, 4.69) is 68.8 Å². The van der Waals surface area contributed by atoms with Crippen LogP contribution in [-0.2, 0) is 6.54 Å². The molecule has 3 aromatic rings. The van der Waals surface area contributed by atoms with Crippen LogP contribution in [0.25, 0.3) is 5.82 Å². The van der Waals surface area contributed by atoms with Gasteiger partial charge < -0.3 is 15.5 Å². The van der Waals surface area contributed by atoms with E-state index in [1.54, 1.807) is 6.20 Å². The molecule has 7 heteroatoms. The van der Waals surface area contributed by atoms with Crippen molar-refractivity contribution in [3.05, 3.63) is 72.4 Å². The van der Waals surface area contributed by atoms with E-state index in [1.807, 2.05) is 30.0 Å². The molecule has 7 nitrogen and oxygen atoms in total. The lowest BCUT2D eigenvalue weighted by atomic mass is 10.2. The van der Waals surface area contributed by atoms with E-state index in [9.17, 15) is 0 Å². The molecule has 2 N–H and O–H groups in total. The maximum atomic E-state index is 4.77. The number of hydrogen-bond donors (Lipinski definition) is 2. The van der Waals surface area contributed by atoms with Gasteiger partial charge in [0, 0.05) is 50.0 Å². The Hall–Kier alpha value is -3.35. The number of nitrogens with one attached hydrogen (secondary N) is 2. The number of para-hydroxylation sites is 1. The number of pyridine rings is 1. The topological polar surface area (TPSA) is 70.4 Å². The first-order valence-electron chi connectivity index (χ1n) is 10.5. The summed E-state index contributed by atoms with van der Waals surface area (Å²) in [6.45, 7) is 7.51. The van der Waals surface area contributed by atoms with E-state index in [4.69, 9.17) is 4.99 Å². The van der Waals surface area contributed by atoms with Gasteiger partial charge in [0.05, 0.1) is 6.54 Å². The number of rotatable bonds is 6. The fourth-order valence-electron chi connectivity index (χ4n) is 3.71. The van der Waals surface area contributed by atoms with Crippen LogP contribution < -0.4 is 15.5 Å². The van der Waals surface area contributed by atoms with Crippen molar-refractivity contribution in [1.82, 2.24) is 25.2 Å². The third-order valence-electron chi connectivity index (χ3n) is 5.30. The molecule has 0 saturated carbocycles. The Kier molecular flexibility index (Phi) is 6.27. The molecule has 3 heterocycles. The first-order chi connectivity index (χ1) is 14.7. The minimum atomic E-state index is 0.382. The smallest absolute Gasteiger partial charge is 0.191 e. The van der Waals surface area contributed by atoms with Crippen LogP contribution in [0.5, 0.6) is 0 Å². The maximum absolute atomic E-state index is 4.77. The van der Waals surface area contributed by atoms with E-state index in [0.29, 0.717) is 12.6 Å². The average molecular weight is 404 g/mol. The van der Waals surface area contributed by atoms with Crippen molar-refractivity contribution >= 4 is 11.6 Å². The highest BCUT2D eigenvalue weighted by Gasteiger charge is 2.23. The number of aromatic nitrogens is 3. The predicted octanol–water partition coefficient (Wildman–Crippen LogP) is 2.91. The van der Waals surface area contributed by atoms with Crippen molar-refractivity contribution in [3.8, 4) is 5.82 Å². The number of imidazole rings is 1. The first kappa shape index (κ1) is 19.9. The molecular formula is C23H29N7. The summed E-state index contributed by atoms with van der Waals surface area (Å²) < 4.78 is 1.97. The summed E-state index contributed by atoms with van der Waals surface area (Å²) in [6.07, 6.45) is 6.68. The fraction of sp³-hybridized carbons (Fsp3) is 0.348. The number of guanidine groups is 1. The molecule has 30 heavy (non-hydrogen) atoms. The molecule has 1 saturated heterocycles. The van der Waals surface area contributed by atoms with Gasteiger partial charge in [-0.05, 0) is 44.0 Å². The van der Waals surface area contributed by atoms with E-state index >= 15 is 0 Å². The molecule has 0 aliphatic carbocycles. The van der Waals surface area contributed by atoms with Crippen LogP contribution in [0.4, 0.5) is 5.69 Å². The van der Waals surface area contributed by atoms with Gasteiger partial charge in [-0.15, -0.1) is 0 Å². The number of benzene rings is 1. The quantitative estimate of drug-likeness (QED) is 0.489. The summed E-state index contributed by atoms with van der Waals surface area (Å²) in [6, 6.07) is 15.0. The van der Waals surface area contributed by atoms with E-state index in [-0.39, 0.29) is 0 Å². The second-order valence-electron chi connectivity index (χ2n) is 7.48. The van der Waals surface area contributed by atoms with Crippen LogP contribution in [-0.4, -0.2) is 46.2 Å². The lowest BCUT2D eigenvalue weighted by Crippen LogP contribution is -2.44. The molecule has 1 unspecified atom stereocenters. The van der Waals surface area contributed by atoms with Crippen molar-refractivity contribution in [2.45, 2.75) is 32.9 Å². The van der Waals surface area contributed by atoms with Crippen molar-refractivity contribution < 1.29 is 0 Å². The van der Waals surface area contributed by atoms with Crippen molar-refractivity contribution in [3.63, 3.8) is 0 Å². The fourth-order valence-corrected chi connectivity index (χ4v) is 3.71. The Morgan fingerprint density at radius 1 is 1.17 bits per heavy atom. The molecule has 156 valence electrons. The highest BCUT2D eigenvalue weighted by Crippen LogP contribution is 2.19. The van der Waals surface area contributed by atoms with E-state index in [0.717, 1.165) is 49.2 Å². The van der Waals surface area contributed by atoms with Crippen LogP contribution in [0.15, 0.2) is 66.0 Å². The van der Waals surface area contributed by atoms with Crippen LogP contribution in [0.2, 0.25) is 0 Å². The highest BCUT2D eigenvalue weighted by atomic mass is 15.2. The Labute approximate surface area is 177 Å². The molecule has 1 aliphatic rings. The minimum absolute atomic E-state index is 0.382. The van der Waals surface area contributed by atoms with Gasteiger partial charge in [-0.3, -0.25) is 4.57 Å². The maximum Gasteiger partial charge on any atom is 0.191 e. The second kappa shape index (κ2) is 9.43. The van der Waals surface area contributed by atoms with Crippen LogP contribution >= 0.6 is 0 Å². The van der Waals surface area contributed by atoms with Crippen molar-refractivity contribution in [2.75, 3.05) is 24.5 Å². The molecular weight excluding hydrogens is 374 g/mol. The number of aryl methyl sites for hydroxylation is 1. The molecule has 4 rings (SSSR count). The predicted molar refractivity (Wildman–Crippen MR) is 121 cm³/mol. The Bertz CT molecular complexity index is 963. The Balaban J connectivity index is 1.36. The SMILES string of the molecule is CCNC(=NCc1ccc(-n2ccnc2C)nc1)NC1CCN(c2ccccc2)C1. The third kappa shape index (κ3) is 4.79. The van der Waals surface area contributed by atoms with Gasteiger partial charge in [0.2, 0.25) is 0 Å². The van der Waals surface area contributed by atoms with Crippen LogP contribution in [0, 0.1) is 6.92 Å². The summed E-state index contributed by atoms with van der Waals surface area (Å²) in [4.78, 5) is 16.0. The van der Waals surface area contributed by atoms with E-state index < -0.39 is 0 Å². The zero-order chi connectivity index (χ0) is 20.8. The van der Waals surface area contributed by atoms with Gasteiger partial charge in [-0.25, -0.2) is 15.0 Å². The summed E-state index contributed by atoms with van der Waals surface area (Å²) in [5.41, 5.74) is 2.36. The van der Waals surface area contributed by atoms with Gasteiger partial charge in [-0.1, -0.05) is 24.3 Å². The first-order valence-corrected chi connectivity index (χ1v) is 10.5. The summed E-state index contributed by atoms with van der Waals surface area (Å²) in [7, 11) is 0. The van der Waals surface area contributed by atoms with Gasteiger partial charge >= 0.3 is 0 Å². The third-order valence-corrected chi connectivity index (χ3v) is 5.30. The molecule has 0 spiro atoms. The Morgan fingerprint density at radius 2 is 2.03 bits per heavy atom. The zero-order valence-corrected chi connectivity index (χ0v) is 17.6. The molecule has 0 bridgehead atoms. The molecule has 0 amide bonds. The molecule has 1 fully saturated rings. The standard InChI is InChI=1S/C23H29N7/c1-3-24-23(28-20-11-13-29(17-20)21-7-5-4-6-8-21)27-16-19-9-10-22(26-15-19)30-14-12-25-18(30)2/h4-10,12,14-15,20H,3,11,13,16-17H2,1-2H3,(H2,24,27,28). The van der Waals surface area contributed by atoms with Crippen molar-refractivity contribution in [2.24, 2.45) is 4.99 Å². The lowest BCUT2D eigenvalue weighted by molar-refractivity contribution is 0.649. The number of nitrogens with zero attached hydrogens (tertiary/aromatic N) is 5. The molecule has 1 atom stereocenters. The largest absolute Gasteiger partial charge is 0.369 e. The monoisotopic (exact) mass is 403 g/mol. The van der Waals surface area contributed by atoms with Crippen molar-refractivity contribution in [1.29, 1.82) is 0 Å². The van der Waals surface area contributed by atoms with Gasteiger partial charge in [0.15, 0.2) is 5.96 Å². The summed E-state index contributed by atoms with van der Waals surface area (Å²) >= 11 is 0. The molecule has 1 aromatic carbocycles. The highest BCUT2D eigenvalue weighted by molar-refractivity contribution is 5.80. The second-order valence-corrected chi connectivity index (χ2v) is 7.48. The zero-order valence-electron chi connectivity index (χ0n) is 17.6. The molecule has 0 radical (unpaired) electrons. The normalized spacial score (nSPS) is 16.7. The molecule has 1 aliphatic heterocycles. The van der Waals surface area contributed by atoms with Gasteiger partial charge in [0.1, 0.15) is 11.6 Å². The number of aliphatic imine (C=N–C) groups is 1. The van der Waals surface area contributed by atoms with Gasteiger partial charge in [-0.2, -0.15) is 0 Å². The number of anilines is 1. The van der Waals surface area contributed by atoms with E-state index in [1.165, 1.54) is 5.69 Å². The van der Waals surface area contributed by atoms with Crippen LogP contribution in [0.1, 0.15) is 24.7 Å². The Morgan fingerprint density at radius 3 is 2.73 bits per heavy atom. The van der Waals surface area contributed by atoms with Crippen LogP contribution in [0.3, 0.4) is 0 Å². The lowest BCUT2D eigenvalue weighted by Gasteiger charge is -2.20. The summed E-state index contributed by atoms with van der Waals surface area (Å²) in [5, 5.41) is 6.96. The average Bonchev–Trinajstić information content (AvgIpc) is 3.42. The summed E-state index contributed by atoms with van der Waals surface area (Å²) in [5.74, 6) is 2.65. The number of hydrogen-bond acceptors (Lipinski definition) is 4. The molecule has 2 aromatic heterocycles.